The Morgan fingerprint density at radius 1 is 0.967 bits per heavy atom. The zero-order valence-corrected chi connectivity index (χ0v) is 18.4. The number of piperidine rings is 1. The van der Waals surface area contributed by atoms with Crippen LogP contribution in [0, 0.1) is 0 Å². The highest BCUT2D eigenvalue weighted by Gasteiger charge is 2.29. The van der Waals surface area contributed by atoms with Gasteiger partial charge in [0.05, 0.1) is 17.8 Å². The van der Waals surface area contributed by atoms with Gasteiger partial charge in [0, 0.05) is 28.4 Å². The summed E-state index contributed by atoms with van der Waals surface area (Å²) < 4.78 is 5.36. The summed E-state index contributed by atoms with van der Waals surface area (Å²) in [7, 11) is 0. The number of nitrogens with zero attached hydrogens (tertiary/aromatic N) is 2. The predicted octanol–water partition coefficient (Wildman–Crippen LogP) is 5.01. The van der Waals surface area contributed by atoms with Crippen molar-refractivity contribution in [1.29, 1.82) is 0 Å². The second-order valence-electron chi connectivity index (χ2n) is 8.03. The molecule has 0 radical (unpaired) electrons. The monoisotopic (exact) mass is 424 g/mol. The zero-order chi connectivity index (χ0) is 21.1. The van der Waals surface area contributed by atoms with Crippen molar-refractivity contribution in [2.45, 2.75) is 61.4 Å². The lowest BCUT2D eigenvalue weighted by Gasteiger charge is -2.38. The quantitative estimate of drug-likeness (QED) is 0.632. The van der Waals surface area contributed by atoms with Crippen molar-refractivity contribution < 1.29 is 14.3 Å². The highest BCUT2D eigenvalue weighted by molar-refractivity contribution is 7.99. The zero-order valence-electron chi connectivity index (χ0n) is 17.5. The van der Waals surface area contributed by atoms with Crippen LogP contribution in [-0.2, 0) is 14.3 Å². The molecule has 1 saturated heterocycles. The van der Waals surface area contributed by atoms with Crippen LogP contribution in [0.4, 0.5) is 11.4 Å². The van der Waals surface area contributed by atoms with Crippen LogP contribution < -0.4 is 4.90 Å². The molecule has 4 rings (SSSR count). The lowest BCUT2D eigenvalue weighted by molar-refractivity contribution is -0.154. The summed E-state index contributed by atoms with van der Waals surface area (Å²) in [6.07, 6.45) is 3.39. The minimum absolute atomic E-state index is 0.0897. The lowest BCUT2D eigenvalue weighted by atomic mass is 9.97. The Morgan fingerprint density at radius 3 is 2.13 bits per heavy atom. The summed E-state index contributed by atoms with van der Waals surface area (Å²) >= 11 is 1.74. The molecule has 2 aromatic carbocycles. The lowest BCUT2D eigenvalue weighted by Crippen LogP contribution is -2.49. The number of likely N-dealkylation sites (tertiary alicyclic amines) is 1. The summed E-state index contributed by atoms with van der Waals surface area (Å²) in [5, 5.41) is 0. The van der Waals surface area contributed by atoms with E-state index in [1.54, 1.807) is 11.8 Å². The van der Waals surface area contributed by atoms with Crippen molar-refractivity contribution >= 4 is 35.0 Å². The van der Waals surface area contributed by atoms with E-state index in [9.17, 15) is 9.59 Å². The number of rotatable bonds is 5. The number of hydrogen-bond acceptors (Lipinski definition) is 5. The van der Waals surface area contributed by atoms with Gasteiger partial charge in [-0.2, -0.15) is 0 Å². The summed E-state index contributed by atoms with van der Waals surface area (Å²) in [5.74, 6) is -0.429. The van der Waals surface area contributed by atoms with Gasteiger partial charge in [-0.3, -0.25) is 9.59 Å². The van der Waals surface area contributed by atoms with Crippen LogP contribution >= 0.6 is 11.8 Å². The first-order chi connectivity index (χ1) is 14.5. The van der Waals surface area contributed by atoms with Crippen LogP contribution in [0.3, 0.4) is 0 Å². The van der Waals surface area contributed by atoms with Gasteiger partial charge in [0.1, 0.15) is 0 Å². The number of ether oxygens (including phenoxy) is 1. The molecule has 0 unspecified atom stereocenters. The number of para-hydroxylation sites is 2. The second kappa shape index (κ2) is 9.13. The van der Waals surface area contributed by atoms with Crippen molar-refractivity contribution in [3.8, 4) is 0 Å². The Kier molecular flexibility index (Phi) is 6.32. The number of carbonyl (C=O) groups excluding carboxylic acids is 2. The first-order valence-electron chi connectivity index (χ1n) is 10.6. The molecule has 5 nitrogen and oxygen atoms in total. The first kappa shape index (κ1) is 20.8. The van der Waals surface area contributed by atoms with Gasteiger partial charge in [-0.1, -0.05) is 36.0 Å². The standard InChI is InChI=1S/C24H28N2O3S/c1-17-8-7-9-18(2)26(17)23(27)16-29-24(28)14-15-25-19-10-3-5-12-21(19)30-22-13-6-4-11-20(22)25/h3-6,10-13,17-18H,7-9,14-16H2,1-2H3/t17-,18+. The normalized spacial score (nSPS) is 20.3. The average molecular weight is 425 g/mol. The SMILES string of the molecule is C[C@@H]1CCC[C@H](C)N1C(=O)COC(=O)CCN1c2ccccc2Sc2ccccc21. The van der Waals surface area contributed by atoms with E-state index in [4.69, 9.17) is 4.74 Å². The molecule has 6 heteroatoms. The van der Waals surface area contributed by atoms with E-state index in [-0.39, 0.29) is 37.0 Å². The molecule has 1 fully saturated rings. The highest BCUT2D eigenvalue weighted by atomic mass is 32.2. The number of esters is 1. The van der Waals surface area contributed by atoms with E-state index >= 15 is 0 Å². The van der Waals surface area contributed by atoms with Crippen LogP contribution in [0.15, 0.2) is 58.3 Å². The number of fused-ring (bicyclic) bond motifs is 2. The van der Waals surface area contributed by atoms with Crippen LogP contribution in [0.1, 0.15) is 39.5 Å². The number of hydrogen-bond donors (Lipinski definition) is 0. The third-order valence-corrected chi connectivity index (χ3v) is 7.04. The Bertz CT molecular complexity index is 877. The molecule has 0 aliphatic carbocycles. The Labute approximate surface area is 182 Å². The first-order valence-corrected chi connectivity index (χ1v) is 11.5. The summed E-state index contributed by atoms with van der Waals surface area (Å²) in [5.41, 5.74) is 2.20. The van der Waals surface area contributed by atoms with Gasteiger partial charge in [0.2, 0.25) is 0 Å². The van der Waals surface area contributed by atoms with Crippen molar-refractivity contribution in [3.63, 3.8) is 0 Å². The summed E-state index contributed by atoms with van der Waals surface area (Å²) in [4.78, 5) is 31.4. The molecule has 1 amide bonds. The molecule has 0 aromatic heterocycles. The fourth-order valence-corrected chi connectivity index (χ4v) is 5.52. The molecular formula is C24H28N2O3S. The molecule has 2 atom stereocenters. The number of amides is 1. The second-order valence-corrected chi connectivity index (χ2v) is 9.11. The fourth-order valence-electron chi connectivity index (χ4n) is 4.43. The van der Waals surface area contributed by atoms with Gasteiger partial charge in [0.15, 0.2) is 6.61 Å². The van der Waals surface area contributed by atoms with Gasteiger partial charge >= 0.3 is 5.97 Å². The van der Waals surface area contributed by atoms with Crippen molar-refractivity contribution in [2.75, 3.05) is 18.1 Å². The predicted molar refractivity (Wildman–Crippen MR) is 119 cm³/mol. The number of anilines is 2. The smallest absolute Gasteiger partial charge is 0.308 e. The van der Waals surface area contributed by atoms with Crippen LogP contribution in [0.25, 0.3) is 0 Å². The fraction of sp³-hybridized carbons (Fsp3) is 0.417. The molecular weight excluding hydrogens is 396 g/mol. The van der Waals surface area contributed by atoms with Gasteiger partial charge < -0.3 is 14.5 Å². The van der Waals surface area contributed by atoms with Gasteiger partial charge in [-0.25, -0.2) is 0 Å². The molecule has 2 heterocycles. The van der Waals surface area contributed by atoms with Gasteiger partial charge in [0.25, 0.3) is 5.91 Å². The van der Waals surface area contributed by atoms with E-state index in [0.29, 0.717) is 6.54 Å². The van der Waals surface area contributed by atoms with E-state index in [1.807, 2.05) is 29.2 Å². The topological polar surface area (TPSA) is 49.9 Å². The van der Waals surface area contributed by atoms with Crippen molar-refractivity contribution in [3.05, 3.63) is 48.5 Å². The number of benzene rings is 2. The van der Waals surface area contributed by atoms with Gasteiger partial charge in [-0.15, -0.1) is 0 Å². The Hall–Kier alpha value is -2.47. The van der Waals surface area contributed by atoms with Gasteiger partial charge in [-0.05, 0) is 57.4 Å². The van der Waals surface area contributed by atoms with E-state index in [2.05, 4.69) is 43.0 Å². The minimum Gasteiger partial charge on any atom is -0.456 e. The summed E-state index contributed by atoms with van der Waals surface area (Å²) in [6, 6.07) is 16.8. The maximum Gasteiger partial charge on any atom is 0.308 e. The third-order valence-electron chi connectivity index (χ3n) is 5.91. The highest BCUT2D eigenvalue weighted by Crippen LogP contribution is 2.47. The Morgan fingerprint density at radius 2 is 1.53 bits per heavy atom. The maximum absolute atomic E-state index is 12.6. The molecule has 30 heavy (non-hydrogen) atoms. The largest absolute Gasteiger partial charge is 0.456 e. The number of carbonyl (C=O) groups is 2. The molecule has 2 aromatic rings. The van der Waals surface area contributed by atoms with E-state index in [0.717, 1.165) is 30.6 Å². The van der Waals surface area contributed by atoms with Crippen LogP contribution in [0.5, 0.6) is 0 Å². The molecule has 0 bridgehead atoms. The van der Waals surface area contributed by atoms with Crippen molar-refractivity contribution in [1.82, 2.24) is 4.90 Å². The molecule has 0 N–H and O–H groups in total. The van der Waals surface area contributed by atoms with E-state index < -0.39 is 0 Å². The molecule has 158 valence electrons. The minimum atomic E-state index is -0.339. The maximum atomic E-state index is 12.6. The molecule has 0 saturated carbocycles. The molecule has 2 aliphatic rings. The average Bonchev–Trinajstić information content (AvgIpc) is 2.75. The van der Waals surface area contributed by atoms with E-state index in [1.165, 1.54) is 9.79 Å². The summed E-state index contributed by atoms with van der Waals surface area (Å²) in [6.45, 7) is 4.48. The molecule has 2 aliphatic heterocycles. The van der Waals surface area contributed by atoms with Crippen LogP contribution in [-0.4, -0.2) is 42.0 Å². The molecule has 0 spiro atoms. The Balaban J connectivity index is 1.37. The van der Waals surface area contributed by atoms with Crippen LogP contribution in [0.2, 0.25) is 0 Å². The third kappa shape index (κ3) is 4.33. The van der Waals surface area contributed by atoms with Crippen molar-refractivity contribution in [2.24, 2.45) is 0 Å².